The fourth-order valence-electron chi connectivity index (χ4n) is 3.61. The van der Waals surface area contributed by atoms with E-state index < -0.39 is 0 Å². The number of fused-ring (bicyclic) bond motifs is 1. The van der Waals surface area contributed by atoms with Gasteiger partial charge in [-0.25, -0.2) is 4.98 Å². The molecule has 1 spiro atoms. The van der Waals surface area contributed by atoms with Crippen LogP contribution in [0.2, 0.25) is 5.02 Å². The molecule has 4 rings (SSSR count). The second-order valence-electron chi connectivity index (χ2n) is 6.04. The lowest BCUT2D eigenvalue weighted by atomic mass is 10.0. The molecule has 2 fully saturated rings. The first-order valence-electron chi connectivity index (χ1n) is 7.13. The van der Waals surface area contributed by atoms with Crippen molar-refractivity contribution in [3.05, 3.63) is 23.2 Å². The SMILES string of the molecule is O=C(Nc1nc2c(Cl)cccc2[nH]1)C1CC12CCCC2. The maximum absolute atomic E-state index is 12.3. The van der Waals surface area contributed by atoms with Crippen LogP contribution in [0.1, 0.15) is 32.1 Å². The Hall–Kier alpha value is -1.55. The molecule has 2 saturated carbocycles. The molecule has 2 N–H and O–H groups in total. The molecule has 1 aromatic heterocycles. The van der Waals surface area contributed by atoms with Crippen LogP contribution in [0.15, 0.2) is 18.2 Å². The van der Waals surface area contributed by atoms with Gasteiger partial charge >= 0.3 is 0 Å². The van der Waals surface area contributed by atoms with Crippen molar-refractivity contribution < 1.29 is 4.79 Å². The van der Waals surface area contributed by atoms with Gasteiger partial charge in [0.05, 0.1) is 10.5 Å². The first kappa shape index (κ1) is 12.2. The number of imidazole rings is 1. The van der Waals surface area contributed by atoms with Gasteiger partial charge in [0.25, 0.3) is 0 Å². The highest BCUT2D eigenvalue weighted by molar-refractivity contribution is 6.35. The number of H-pyrrole nitrogens is 1. The third-order valence-corrected chi connectivity index (χ3v) is 5.12. The van der Waals surface area contributed by atoms with Crippen LogP contribution in [-0.2, 0) is 4.79 Å². The molecule has 5 heteroatoms. The highest BCUT2D eigenvalue weighted by Gasteiger charge is 2.58. The van der Waals surface area contributed by atoms with Crippen LogP contribution in [0.4, 0.5) is 5.95 Å². The van der Waals surface area contributed by atoms with Crippen LogP contribution >= 0.6 is 11.6 Å². The fraction of sp³-hybridized carbons (Fsp3) is 0.467. The van der Waals surface area contributed by atoms with Gasteiger partial charge in [0, 0.05) is 5.92 Å². The number of hydrogen-bond acceptors (Lipinski definition) is 2. The van der Waals surface area contributed by atoms with E-state index in [0.717, 1.165) is 11.9 Å². The highest BCUT2D eigenvalue weighted by Crippen LogP contribution is 2.63. The summed E-state index contributed by atoms with van der Waals surface area (Å²) in [5, 5.41) is 3.50. The number of halogens is 1. The van der Waals surface area contributed by atoms with Gasteiger partial charge in [-0.3, -0.25) is 10.1 Å². The Balaban J connectivity index is 1.53. The van der Waals surface area contributed by atoms with E-state index >= 15 is 0 Å². The largest absolute Gasteiger partial charge is 0.324 e. The monoisotopic (exact) mass is 289 g/mol. The van der Waals surface area contributed by atoms with E-state index in [4.69, 9.17) is 11.6 Å². The molecule has 0 aliphatic heterocycles. The summed E-state index contributed by atoms with van der Waals surface area (Å²) in [6.07, 6.45) is 5.99. The Morgan fingerprint density at radius 1 is 1.40 bits per heavy atom. The molecule has 0 radical (unpaired) electrons. The van der Waals surface area contributed by atoms with Crippen molar-refractivity contribution in [2.45, 2.75) is 32.1 Å². The van der Waals surface area contributed by atoms with Crippen molar-refractivity contribution in [2.75, 3.05) is 5.32 Å². The second kappa shape index (κ2) is 4.22. The number of nitrogens with zero attached hydrogens (tertiary/aromatic N) is 1. The third kappa shape index (κ3) is 1.82. The molecule has 1 unspecified atom stereocenters. The summed E-state index contributed by atoms with van der Waals surface area (Å²) in [5.41, 5.74) is 1.86. The molecule has 0 saturated heterocycles. The van der Waals surface area contributed by atoms with Crippen molar-refractivity contribution >= 4 is 34.5 Å². The van der Waals surface area contributed by atoms with E-state index in [-0.39, 0.29) is 11.8 Å². The molecule has 1 atom stereocenters. The molecule has 4 nitrogen and oxygen atoms in total. The quantitative estimate of drug-likeness (QED) is 0.885. The van der Waals surface area contributed by atoms with E-state index in [1.807, 2.05) is 12.1 Å². The van der Waals surface area contributed by atoms with Gasteiger partial charge in [0.15, 0.2) is 0 Å². The highest BCUT2D eigenvalue weighted by atomic mass is 35.5. The number of aromatic nitrogens is 2. The van der Waals surface area contributed by atoms with E-state index in [0.29, 0.717) is 21.9 Å². The zero-order chi connectivity index (χ0) is 13.7. The van der Waals surface area contributed by atoms with Crippen LogP contribution in [0.5, 0.6) is 0 Å². The molecule has 2 aliphatic carbocycles. The van der Waals surface area contributed by atoms with E-state index in [9.17, 15) is 4.79 Å². The molecule has 1 amide bonds. The molecule has 2 aliphatic rings. The summed E-state index contributed by atoms with van der Waals surface area (Å²) in [5.74, 6) is 0.772. The van der Waals surface area contributed by atoms with Gasteiger partial charge in [-0.05, 0) is 36.8 Å². The van der Waals surface area contributed by atoms with Crippen LogP contribution in [0.25, 0.3) is 11.0 Å². The number of rotatable bonds is 2. The summed E-state index contributed by atoms with van der Waals surface area (Å²) >= 11 is 6.09. The summed E-state index contributed by atoms with van der Waals surface area (Å²) < 4.78 is 0. The first-order chi connectivity index (χ1) is 9.68. The van der Waals surface area contributed by atoms with Gasteiger partial charge in [-0.1, -0.05) is 30.5 Å². The average Bonchev–Trinajstić information content (AvgIpc) is 2.75. The van der Waals surface area contributed by atoms with E-state index in [2.05, 4.69) is 15.3 Å². The smallest absolute Gasteiger partial charge is 0.230 e. The van der Waals surface area contributed by atoms with Crippen molar-refractivity contribution in [3.63, 3.8) is 0 Å². The molecule has 1 heterocycles. The zero-order valence-corrected chi connectivity index (χ0v) is 11.8. The van der Waals surface area contributed by atoms with Gasteiger partial charge in [0.1, 0.15) is 5.52 Å². The van der Waals surface area contributed by atoms with Gasteiger partial charge in [-0.15, -0.1) is 0 Å². The van der Waals surface area contributed by atoms with E-state index in [1.54, 1.807) is 6.07 Å². The Morgan fingerprint density at radius 3 is 2.95 bits per heavy atom. The lowest BCUT2D eigenvalue weighted by Crippen LogP contribution is -2.18. The molecule has 104 valence electrons. The number of benzene rings is 1. The fourth-order valence-corrected chi connectivity index (χ4v) is 3.83. The predicted molar refractivity (Wildman–Crippen MR) is 78.7 cm³/mol. The number of carbonyl (C=O) groups is 1. The minimum atomic E-state index is 0.0991. The normalized spacial score (nSPS) is 23.4. The number of carbonyl (C=O) groups excluding carboxylic acids is 1. The Kier molecular flexibility index (Phi) is 2.58. The van der Waals surface area contributed by atoms with Crippen molar-refractivity contribution in [1.82, 2.24) is 9.97 Å². The van der Waals surface area contributed by atoms with Crippen molar-refractivity contribution in [2.24, 2.45) is 11.3 Å². The van der Waals surface area contributed by atoms with Gasteiger partial charge < -0.3 is 4.98 Å². The summed E-state index contributed by atoms with van der Waals surface area (Å²) in [7, 11) is 0. The van der Waals surface area contributed by atoms with Crippen molar-refractivity contribution in [3.8, 4) is 0 Å². The first-order valence-corrected chi connectivity index (χ1v) is 7.51. The number of aromatic amines is 1. The number of hydrogen-bond donors (Lipinski definition) is 2. The number of amides is 1. The number of para-hydroxylation sites is 1. The molecule has 1 aromatic carbocycles. The van der Waals surface area contributed by atoms with Crippen LogP contribution in [0, 0.1) is 11.3 Å². The maximum atomic E-state index is 12.3. The number of anilines is 1. The zero-order valence-electron chi connectivity index (χ0n) is 11.1. The van der Waals surface area contributed by atoms with Crippen LogP contribution in [0.3, 0.4) is 0 Å². The maximum Gasteiger partial charge on any atom is 0.230 e. The average molecular weight is 290 g/mol. The lowest BCUT2D eigenvalue weighted by molar-refractivity contribution is -0.118. The van der Waals surface area contributed by atoms with Crippen LogP contribution in [-0.4, -0.2) is 15.9 Å². The molecule has 2 aromatic rings. The third-order valence-electron chi connectivity index (χ3n) is 4.81. The summed E-state index contributed by atoms with van der Waals surface area (Å²) in [6.45, 7) is 0. The molecule has 0 bridgehead atoms. The Morgan fingerprint density at radius 2 is 2.20 bits per heavy atom. The Bertz CT molecular complexity index is 687. The minimum absolute atomic E-state index is 0.0991. The molecule has 20 heavy (non-hydrogen) atoms. The van der Waals surface area contributed by atoms with E-state index in [1.165, 1.54) is 25.7 Å². The standard InChI is InChI=1S/C15H16ClN3O/c16-10-4-3-5-11-12(10)18-14(17-11)19-13(20)9-8-15(9)6-1-2-7-15/h3-5,9H,1-2,6-8H2,(H2,17,18,19,20). The summed E-state index contributed by atoms with van der Waals surface area (Å²) in [4.78, 5) is 19.8. The lowest BCUT2D eigenvalue weighted by Gasteiger charge is -2.07. The number of nitrogens with one attached hydrogen (secondary N) is 2. The van der Waals surface area contributed by atoms with Crippen LogP contribution < -0.4 is 5.32 Å². The van der Waals surface area contributed by atoms with Gasteiger partial charge in [0.2, 0.25) is 11.9 Å². The minimum Gasteiger partial charge on any atom is -0.324 e. The molecular weight excluding hydrogens is 274 g/mol. The Labute approximate surface area is 121 Å². The molecular formula is C15H16ClN3O. The van der Waals surface area contributed by atoms with Crippen molar-refractivity contribution in [1.29, 1.82) is 0 Å². The van der Waals surface area contributed by atoms with Gasteiger partial charge in [-0.2, -0.15) is 0 Å². The summed E-state index contributed by atoms with van der Waals surface area (Å²) in [6, 6.07) is 5.56. The predicted octanol–water partition coefficient (Wildman–Crippen LogP) is 3.74. The second-order valence-corrected chi connectivity index (χ2v) is 6.44. The topological polar surface area (TPSA) is 57.8 Å².